The molecule has 1 N–H and O–H groups in total. The van der Waals surface area contributed by atoms with Crippen molar-refractivity contribution in [2.75, 3.05) is 32.1 Å². The Morgan fingerprint density at radius 1 is 1.09 bits per heavy atom. The van der Waals surface area contributed by atoms with Crippen LogP contribution >= 0.6 is 0 Å². The standard InChI is InChI=1S/C23H26FN5O3/c1-26-20-19(21(30)29(23(26)31)14-15-8-10-16(24)11-9-15)28-13-5-12-27(22(28)25-20)17-6-3-4-7-18(17)32-2/h3-4,6-11,19-20,22,25H,5,12-14H2,1-2H3. The van der Waals surface area contributed by atoms with Crippen molar-refractivity contribution in [3.63, 3.8) is 0 Å². The van der Waals surface area contributed by atoms with Gasteiger partial charge in [-0.1, -0.05) is 24.3 Å². The van der Waals surface area contributed by atoms with Crippen LogP contribution in [0.3, 0.4) is 0 Å². The predicted octanol–water partition coefficient (Wildman–Crippen LogP) is 2.02. The second-order valence-electron chi connectivity index (χ2n) is 8.33. The molecule has 0 saturated carbocycles. The minimum atomic E-state index is -0.499. The molecule has 0 radical (unpaired) electrons. The summed E-state index contributed by atoms with van der Waals surface area (Å²) in [5, 5.41) is 3.50. The number of halogens is 1. The third-order valence-electron chi connectivity index (χ3n) is 6.52. The minimum Gasteiger partial charge on any atom is -0.495 e. The highest BCUT2D eigenvalue weighted by atomic mass is 19.1. The van der Waals surface area contributed by atoms with Gasteiger partial charge in [0.2, 0.25) is 0 Å². The molecule has 5 rings (SSSR count). The average molecular weight is 439 g/mol. The van der Waals surface area contributed by atoms with Crippen LogP contribution in [0.2, 0.25) is 0 Å². The fourth-order valence-corrected chi connectivity index (χ4v) is 4.95. The molecule has 32 heavy (non-hydrogen) atoms. The lowest BCUT2D eigenvalue weighted by atomic mass is 10.1. The van der Waals surface area contributed by atoms with E-state index >= 15 is 0 Å². The summed E-state index contributed by atoms with van der Waals surface area (Å²) >= 11 is 0. The monoisotopic (exact) mass is 439 g/mol. The molecular formula is C23H26FN5O3. The number of nitrogens with one attached hydrogen (secondary N) is 1. The Bertz CT molecular complexity index is 1030. The Morgan fingerprint density at radius 3 is 2.59 bits per heavy atom. The van der Waals surface area contributed by atoms with Gasteiger partial charge in [0.05, 0.1) is 19.3 Å². The molecular weight excluding hydrogens is 413 g/mol. The molecule has 3 amide bonds. The van der Waals surface area contributed by atoms with E-state index in [2.05, 4.69) is 15.1 Å². The number of benzene rings is 2. The Hall–Kier alpha value is -3.17. The fraction of sp³-hybridized carbons (Fsp3) is 0.391. The van der Waals surface area contributed by atoms with Gasteiger partial charge < -0.3 is 14.5 Å². The summed E-state index contributed by atoms with van der Waals surface area (Å²) in [5.41, 5.74) is 1.65. The molecule has 8 nitrogen and oxygen atoms in total. The minimum absolute atomic E-state index is 0.111. The fourth-order valence-electron chi connectivity index (χ4n) is 4.95. The Balaban J connectivity index is 1.44. The summed E-state index contributed by atoms with van der Waals surface area (Å²) in [6.07, 6.45) is 0.210. The topological polar surface area (TPSA) is 68.4 Å². The number of rotatable bonds is 4. The molecule has 3 saturated heterocycles. The van der Waals surface area contributed by atoms with Gasteiger partial charge in [-0.15, -0.1) is 0 Å². The maximum Gasteiger partial charge on any atom is 0.328 e. The smallest absolute Gasteiger partial charge is 0.328 e. The van der Waals surface area contributed by atoms with Crippen molar-refractivity contribution >= 4 is 17.6 Å². The zero-order valence-corrected chi connectivity index (χ0v) is 18.1. The highest BCUT2D eigenvalue weighted by molar-refractivity contribution is 6.00. The second kappa shape index (κ2) is 8.07. The number of nitrogens with zero attached hydrogens (tertiary/aromatic N) is 4. The van der Waals surface area contributed by atoms with Crippen LogP contribution in [0, 0.1) is 5.82 Å². The first-order valence-corrected chi connectivity index (χ1v) is 10.7. The van der Waals surface area contributed by atoms with Crippen molar-refractivity contribution in [1.82, 2.24) is 20.0 Å². The SMILES string of the molecule is COc1ccccc1N1CCCN2C3C(=O)N(Cc4ccc(F)cc4)C(=O)N(C)C3NC12. The normalized spacial score (nSPS) is 25.7. The zero-order valence-electron chi connectivity index (χ0n) is 18.1. The molecule has 0 bridgehead atoms. The van der Waals surface area contributed by atoms with Gasteiger partial charge in [0.1, 0.15) is 30.1 Å². The van der Waals surface area contributed by atoms with Gasteiger partial charge in [0, 0.05) is 20.1 Å². The maximum absolute atomic E-state index is 13.5. The molecule has 3 unspecified atom stereocenters. The van der Waals surface area contributed by atoms with Crippen LogP contribution < -0.4 is 15.0 Å². The summed E-state index contributed by atoms with van der Waals surface area (Å²) in [5.74, 6) is 0.175. The first-order chi connectivity index (χ1) is 15.5. The zero-order chi connectivity index (χ0) is 22.4. The van der Waals surface area contributed by atoms with Crippen molar-refractivity contribution < 1.29 is 18.7 Å². The number of carbonyl (C=O) groups is 2. The van der Waals surface area contributed by atoms with E-state index in [4.69, 9.17) is 4.74 Å². The lowest BCUT2D eigenvalue weighted by molar-refractivity contribution is -0.139. The molecule has 3 heterocycles. The Morgan fingerprint density at radius 2 is 1.84 bits per heavy atom. The molecule has 0 aliphatic carbocycles. The Kier molecular flexibility index (Phi) is 5.22. The number of methoxy groups -OCH3 is 1. The second-order valence-corrected chi connectivity index (χ2v) is 8.33. The van der Waals surface area contributed by atoms with Gasteiger partial charge in [0.15, 0.2) is 0 Å². The van der Waals surface area contributed by atoms with Crippen molar-refractivity contribution in [3.05, 3.63) is 59.9 Å². The Labute approximate surface area is 186 Å². The first kappa shape index (κ1) is 20.7. The molecule has 3 aliphatic heterocycles. The van der Waals surface area contributed by atoms with E-state index in [1.54, 1.807) is 31.2 Å². The summed E-state index contributed by atoms with van der Waals surface area (Å²) < 4.78 is 18.9. The molecule has 9 heteroatoms. The van der Waals surface area contributed by atoms with Gasteiger partial charge >= 0.3 is 6.03 Å². The van der Waals surface area contributed by atoms with Crippen LogP contribution in [0.5, 0.6) is 5.75 Å². The molecule has 3 aliphatic rings. The molecule has 3 atom stereocenters. The van der Waals surface area contributed by atoms with E-state index < -0.39 is 12.2 Å². The number of imide groups is 1. The summed E-state index contributed by atoms with van der Waals surface area (Å²) in [4.78, 5) is 33.8. The van der Waals surface area contributed by atoms with E-state index in [1.165, 1.54) is 17.0 Å². The number of anilines is 1. The van der Waals surface area contributed by atoms with Crippen LogP contribution in [-0.2, 0) is 11.3 Å². The third-order valence-corrected chi connectivity index (χ3v) is 6.52. The van der Waals surface area contributed by atoms with E-state index in [1.807, 2.05) is 24.3 Å². The first-order valence-electron chi connectivity index (χ1n) is 10.7. The maximum atomic E-state index is 13.5. The van der Waals surface area contributed by atoms with Crippen molar-refractivity contribution in [2.45, 2.75) is 31.5 Å². The molecule has 2 aromatic rings. The van der Waals surface area contributed by atoms with E-state index in [9.17, 15) is 14.0 Å². The lowest BCUT2D eigenvalue weighted by Gasteiger charge is -2.44. The number of likely N-dealkylation sites (N-methyl/N-ethyl adjacent to an activating group) is 1. The molecule has 2 aromatic carbocycles. The number of ether oxygens (including phenoxy) is 1. The molecule has 3 fully saturated rings. The van der Waals surface area contributed by atoms with Crippen LogP contribution in [-0.4, -0.2) is 72.4 Å². The van der Waals surface area contributed by atoms with Gasteiger partial charge in [-0.2, -0.15) is 0 Å². The van der Waals surface area contributed by atoms with Crippen molar-refractivity contribution in [3.8, 4) is 5.75 Å². The van der Waals surface area contributed by atoms with E-state index in [0.717, 1.165) is 30.9 Å². The van der Waals surface area contributed by atoms with Gasteiger partial charge in [-0.25, -0.2) is 9.18 Å². The van der Waals surface area contributed by atoms with E-state index in [-0.39, 0.29) is 30.6 Å². The van der Waals surface area contributed by atoms with Crippen LogP contribution in [0.1, 0.15) is 12.0 Å². The van der Waals surface area contributed by atoms with Gasteiger partial charge in [0.25, 0.3) is 5.91 Å². The number of para-hydroxylation sites is 2. The summed E-state index contributed by atoms with van der Waals surface area (Å²) in [6, 6.07) is 12.8. The molecule has 0 aromatic heterocycles. The van der Waals surface area contributed by atoms with Crippen LogP contribution in [0.25, 0.3) is 0 Å². The quantitative estimate of drug-likeness (QED) is 0.786. The lowest BCUT2D eigenvalue weighted by Crippen LogP contribution is -2.66. The number of fused-ring (bicyclic) bond motifs is 3. The number of amides is 3. The van der Waals surface area contributed by atoms with Crippen molar-refractivity contribution in [1.29, 1.82) is 0 Å². The van der Waals surface area contributed by atoms with Crippen molar-refractivity contribution in [2.24, 2.45) is 0 Å². The third kappa shape index (κ3) is 3.28. The molecule has 168 valence electrons. The van der Waals surface area contributed by atoms with Gasteiger partial charge in [-0.3, -0.25) is 19.9 Å². The number of hydrogen-bond acceptors (Lipinski definition) is 6. The van der Waals surface area contributed by atoms with Crippen LogP contribution in [0.4, 0.5) is 14.9 Å². The highest BCUT2D eigenvalue weighted by Gasteiger charge is 2.56. The number of carbonyl (C=O) groups excluding carboxylic acids is 2. The number of urea groups is 1. The summed E-state index contributed by atoms with van der Waals surface area (Å²) in [7, 11) is 3.36. The molecule has 0 spiro atoms. The van der Waals surface area contributed by atoms with Gasteiger partial charge in [-0.05, 0) is 36.2 Å². The predicted molar refractivity (Wildman–Crippen MR) is 116 cm³/mol. The largest absolute Gasteiger partial charge is 0.495 e. The van der Waals surface area contributed by atoms with E-state index in [0.29, 0.717) is 5.56 Å². The average Bonchev–Trinajstić information content (AvgIpc) is 3.22. The highest BCUT2D eigenvalue weighted by Crippen LogP contribution is 2.36. The summed E-state index contributed by atoms with van der Waals surface area (Å²) in [6.45, 7) is 1.65. The van der Waals surface area contributed by atoms with Crippen LogP contribution in [0.15, 0.2) is 48.5 Å². The number of hydrogen-bond donors (Lipinski definition) is 1.